The van der Waals surface area contributed by atoms with Gasteiger partial charge in [0.1, 0.15) is 0 Å². The lowest BCUT2D eigenvalue weighted by Crippen LogP contribution is -2.29. The van der Waals surface area contributed by atoms with E-state index in [1.165, 1.54) is 27.8 Å². The summed E-state index contributed by atoms with van der Waals surface area (Å²) in [7, 11) is 0. The molecule has 0 N–H and O–H groups in total. The Hall–Kier alpha value is -2.60. The molecule has 0 saturated carbocycles. The van der Waals surface area contributed by atoms with Gasteiger partial charge in [-0.05, 0) is 52.6 Å². The number of rotatable bonds is 4. The summed E-state index contributed by atoms with van der Waals surface area (Å²) in [6.07, 6.45) is 21.7. The van der Waals surface area contributed by atoms with Gasteiger partial charge in [-0.2, -0.15) is 0 Å². The summed E-state index contributed by atoms with van der Waals surface area (Å²) >= 11 is 0. The summed E-state index contributed by atoms with van der Waals surface area (Å²) in [4.78, 5) is 0. The molecule has 2 aromatic carbocycles. The third-order valence-corrected chi connectivity index (χ3v) is 6.92. The second-order valence-corrected chi connectivity index (χ2v) is 8.07. The highest BCUT2D eigenvalue weighted by Crippen LogP contribution is 2.50. The van der Waals surface area contributed by atoms with Gasteiger partial charge in [-0.15, -0.1) is 0 Å². The fraction of sp³-hybridized carbons (Fsp3) is 0.259. The van der Waals surface area contributed by atoms with Gasteiger partial charge < -0.3 is 0 Å². The summed E-state index contributed by atoms with van der Waals surface area (Å²) in [6, 6.07) is 13.7. The molecule has 2 aromatic rings. The largest absolute Gasteiger partial charge is 0.0702 e. The molecule has 0 amide bonds. The molecule has 5 rings (SSSR count). The van der Waals surface area contributed by atoms with Gasteiger partial charge in [-0.25, -0.2) is 0 Å². The van der Waals surface area contributed by atoms with Crippen molar-refractivity contribution in [3.63, 3.8) is 0 Å². The highest BCUT2D eigenvalue weighted by atomic mass is 14.4. The van der Waals surface area contributed by atoms with Crippen molar-refractivity contribution in [2.75, 3.05) is 0 Å². The highest BCUT2D eigenvalue weighted by Gasteiger charge is 2.39. The Morgan fingerprint density at radius 2 is 1.33 bits per heavy atom. The van der Waals surface area contributed by atoms with Crippen LogP contribution >= 0.6 is 0 Å². The molecule has 0 bridgehead atoms. The van der Waals surface area contributed by atoms with E-state index in [0.717, 1.165) is 19.3 Å². The minimum atomic E-state index is 0.00909. The molecular formula is C27H26. The normalized spacial score (nSPS) is 19.6. The Kier molecular flexibility index (Phi) is 3.65. The summed E-state index contributed by atoms with van der Waals surface area (Å²) in [6.45, 7) is 4.63. The van der Waals surface area contributed by atoms with Crippen molar-refractivity contribution in [2.24, 2.45) is 0 Å². The van der Waals surface area contributed by atoms with Crippen LogP contribution in [0.3, 0.4) is 0 Å². The van der Waals surface area contributed by atoms with E-state index in [0.29, 0.717) is 0 Å². The topological polar surface area (TPSA) is 0 Å². The number of benzene rings is 2. The van der Waals surface area contributed by atoms with E-state index in [2.05, 4.69) is 98.9 Å². The lowest BCUT2D eigenvalue weighted by molar-refractivity contribution is 0.589. The van der Waals surface area contributed by atoms with Crippen LogP contribution in [0.25, 0.3) is 11.1 Å². The molecule has 0 nitrogen and oxygen atoms in total. The first-order chi connectivity index (χ1) is 13.2. The predicted octanol–water partition coefficient (Wildman–Crippen LogP) is 6.81. The Bertz CT molecular complexity index is 1000. The first-order valence-electron chi connectivity index (χ1n) is 10.2. The molecule has 134 valence electrons. The Labute approximate surface area is 162 Å². The van der Waals surface area contributed by atoms with E-state index in [-0.39, 0.29) is 10.8 Å². The van der Waals surface area contributed by atoms with E-state index in [1.807, 2.05) is 0 Å². The number of hydrogen-bond donors (Lipinski definition) is 0. The summed E-state index contributed by atoms with van der Waals surface area (Å²) < 4.78 is 0. The van der Waals surface area contributed by atoms with Crippen LogP contribution in [0.4, 0.5) is 0 Å². The maximum Gasteiger partial charge on any atom is 0.0321 e. The molecule has 27 heavy (non-hydrogen) atoms. The average molecular weight is 351 g/mol. The fourth-order valence-corrected chi connectivity index (χ4v) is 5.34. The van der Waals surface area contributed by atoms with Crippen LogP contribution in [0.15, 0.2) is 85.0 Å². The lowest BCUT2D eigenvalue weighted by Gasteiger charge is -2.36. The smallest absolute Gasteiger partial charge is 0.0321 e. The van der Waals surface area contributed by atoms with Gasteiger partial charge in [-0.3, -0.25) is 0 Å². The SMILES string of the molecule is CCC1(c2ccc3c(c2C2(CC)C=CC=C2)Cc2ccccc2-3)C=CC=C1. The second kappa shape index (κ2) is 5.96. The average Bonchev–Trinajstić information content (AvgIpc) is 3.45. The molecular weight excluding hydrogens is 324 g/mol. The number of fused-ring (bicyclic) bond motifs is 3. The van der Waals surface area contributed by atoms with Crippen LogP contribution in [-0.4, -0.2) is 0 Å². The van der Waals surface area contributed by atoms with Gasteiger partial charge >= 0.3 is 0 Å². The van der Waals surface area contributed by atoms with Crippen molar-refractivity contribution in [3.8, 4) is 11.1 Å². The van der Waals surface area contributed by atoms with E-state index in [9.17, 15) is 0 Å². The summed E-state index contributed by atoms with van der Waals surface area (Å²) in [5.74, 6) is 0. The molecule has 0 atom stereocenters. The van der Waals surface area contributed by atoms with Crippen LogP contribution in [0, 0.1) is 0 Å². The molecule has 0 aliphatic heterocycles. The van der Waals surface area contributed by atoms with Gasteiger partial charge in [0.2, 0.25) is 0 Å². The molecule has 0 heterocycles. The zero-order valence-electron chi connectivity index (χ0n) is 16.2. The maximum absolute atomic E-state index is 2.42. The van der Waals surface area contributed by atoms with E-state index in [1.54, 1.807) is 5.56 Å². The molecule has 3 aliphatic carbocycles. The van der Waals surface area contributed by atoms with Gasteiger partial charge in [0.05, 0.1) is 0 Å². The maximum atomic E-state index is 2.42. The Balaban J connectivity index is 1.83. The van der Waals surface area contributed by atoms with Crippen LogP contribution in [0.1, 0.15) is 48.9 Å². The van der Waals surface area contributed by atoms with Gasteiger partial charge in [0.25, 0.3) is 0 Å². The Morgan fingerprint density at radius 1 is 0.704 bits per heavy atom. The van der Waals surface area contributed by atoms with E-state index in [4.69, 9.17) is 0 Å². The lowest BCUT2D eigenvalue weighted by atomic mass is 9.67. The van der Waals surface area contributed by atoms with Crippen molar-refractivity contribution in [2.45, 2.75) is 43.9 Å². The monoisotopic (exact) mass is 350 g/mol. The summed E-state index contributed by atoms with van der Waals surface area (Å²) in [5.41, 5.74) is 8.91. The third kappa shape index (κ3) is 2.22. The molecule has 0 radical (unpaired) electrons. The Morgan fingerprint density at radius 3 is 2.00 bits per heavy atom. The quantitative estimate of drug-likeness (QED) is 0.485. The molecule has 0 saturated heterocycles. The van der Waals surface area contributed by atoms with Crippen LogP contribution in [0.2, 0.25) is 0 Å². The molecule has 0 aromatic heterocycles. The first-order valence-corrected chi connectivity index (χ1v) is 10.2. The van der Waals surface area contributed by atoms with E-state index >= 15 is 0 Å². The van der Waals surface area contributed by atoms with Gasteiger partial charge in [0, 0.05) is 10.8 Å². The fourth-order valence-electron chi connectivity index (χ4n) is 5.34. The summed E-state index contributed by atoms with van der Waals surface area (Å²) in [5, 5.41) is 0. The standard InChI is InChI=1S/C27H26/c1-3-26(15-7-8-16-26)24-14-13-22-21-12-6-5-11-20(21)19-23(22)25(24)27(4-2)17-9-10-18-27/h5-18H,3-4,19H2,1-2H3. The van der Waals surface area contributed by atoms with Gasteiger partial charge in [0.15, 0.2) is 0 Å². The first kappa shape index (κ1) is 16.6. The highest BCUT2D eigenvalue weighted by molar-refractivity contribution is 5.80. The van der Waals surface area contributed by atoms with Crippen molar-refractivity contribution < 1.29 is 0 Å². The molecule has 0 fully saturated rings. The number of hydrogen-bond acceptors (Lipinski definition) is 0. The molecule has 3 aliphatic rings. The molecule has 0 unspecified atom stereocenters. The van der Waals surface area contributed by atoms with E-state index < -0.39 is 0 Å². The van der Waals surface area contributed by atoms with Crippen LogP contribution < -0.4 is 0 Å². The zero-order valence-corrected chi connectivity index (χ0v) is 16.2. The third-order valence-electron chi connectivity index (χ3n) is 6.92. The van der Waals surface area contributed by atoms with Crippen LogP contribution in [0.5, 0.6) is 0 Å². The minimum Gasteiger partial charge on any atom is -0.0702 e. The number of allylic oxidation sites excluding steroid dienone is 8. The van der Waals surface area contributed by atoms with Crippen molar-refractivity contribution in [3.05, 3.63) is 107 Å². The van der Waals surface area contributed by atoms with Gasteiger partial charge in [-0.1, -0.05) is 98.9 Å². The zero-order chi connectivity index (χ0) is 18.5. The predicted molar refractivity (Wildman–Crippen MR) is 115 cm³/mol. The van der Waals surface area contributed by atoms with Crippen molar-refractivity contribution in [1.29, 1.82) is 0 Å². The molecule has 0 heteroatoms. The minimum absolute atomic E-state index is 0.00909. The second-order valence-electron chi connectivity index (χ2n) is 8.07. The van der Waals surface area contributed by atoms with Crippen molar-refractivity contribution >= 4 is 0 Å². The molecule has 0 spiro atoms. The van der Waals surface area contributed by atoms with Crippen molar-refractivity contribution in [1.82, 2.24) is 0 Å². The van der Waals surface area contributed by atoms with Crippen LogP contribution in [-0.2, 0) is 17.3 Å².